The summed E-state index contributed by atoms with van der Waals surface area (Å²) >= 11 is 1.51. The molecule has 0 spiro atoms. The summed E-state index contributed by atoms with van der Waals surface area (Å²) < 4.78 is 3.59. The average molecular weight is 377 g/mol. The molecule has 0 atom stereocenters. The number of aryl methyl sites for hydroxylation is 3. The van der Waals surface area contributed by atoms with Crippen LogP contribution in [0.2, 0.25) is 0 Å². The van der Waals surface area contributed by atoms with E-state index in [0.717, 1.165) is 27.8 Å². The predicted molar refractivity (Wildman–Crippen MR) is 107 cm³/mol. The van der Waals surface area contributed by atoms with Gasteiger partial charge in [-0.1, -0.05) is 35.5 Å². The van der Waals surface area contributed by atoms with Gasteiger partial charge < -0.3 is 0 Å². The molecule has 0 N–H and O–H groups in total. The first-order chi connectivity index (χ1) is 13.0. The molecule has 0 saturated carbocycles. The van der Waals surface area contributed by atoms with Gasteiger partial charge in [-0.05, 0) is 44.5 Å². The van der Waals surface area contributed by atoms with E-state index >= 15 is 0 Å². The average Bonchev–Trinajstić information content (AvgIpc) is 3.08. The second kappa shape index (κ2) is 7.00. The third kappa shape index (κ3) is 3.38. The second-order valence-corrected chi connectivity index (χ2v) is 7.45. The highest BCUT2D eigenvalue weighted by atomic mass is 32.2. The fourth-order valence-electron chi connectivity index (χ4n) is 3.14. The molecule has 0 aliphatic carbocycles. The molecule has 0 radical (unpaired) electrons. The van der Waals surface area contributed by atoms with E-state index in [1.165, 1.54) is 17.3 Å². The lowest BCUT2D eigenvalue weighted by Crippen LogP contribution is -2.17. The van der Waals surface area contributed by atoms with Crippen LogP contribution in [-0.4, -0.2) is 24.1 Å². The van der Waals surface area contributed by atoms with Gasteiger partial charge in [-0.15, -0.1) is 10.2 Å². The van der Waals surface area contributed by atoms with Gasteiger partial charge in [-0.2, -0.15) is 0 Å². The summed E-state index contributed by atoms with van der Waals surface area (Å²) in [7, 11) is 0. The van der Waals surface area contributed by atoms with Gasteiger partial charge in [0, 0.05) is 17.5 Å². The smallest absolute Gasteiger partial charge is 0.258 e. The van der Waals surface area contributed by atoms with E-state index in [9.17, 15) is 4.79 Å². The Labute approximate surface area is 160 Å². The summed E-state index contributed by atoms with van der Waals surface area (Å²) in [6.45, 7) is 6.05. The maximum Gasteiger partial charge on any atom is 0.258 e. The highest BCUT2D eigenvalue weighted by molar-refractivity contribution is 7.98. The highest BCUT2D eigenvalue weighted by Crippen LogP contribution is 2.24. The van der Waals surface area contributed by atoms with E-state index in [1.807, 2.05) is 29.7 Å². The molecule has 3 aromatic heterocycles. The number of fused-ring (bicyclic) bond motifs is 1. The Morgan fingerprint density at radius 1 is 1.07 bits per heavy atom. The Balaban J connectivity index is 1.63. The minimum atomic E-state index is -0.0652. The fraction of sp³-hybridized carbons (Fsp3) is 0.200. The van der Waals surface area contributed by atoms with Crippen molar-refractivity contribution in [1.29, 1.82) is 0 Å². The van der Waals surface area contributed by atoms with Crippen LogP contribution in [0.25, 0.3) is 11.3 Å². The first-order valence-electron chi connectivity index (χ1n) is 8.62. The standard InChI is InChI=1S/C20H19N5OS/c1-13-7-8-17(14(2)9-13)24-12-21-23-20(24)27-11-16-10-19(26)25-15(3)5-4-6-18(25)22-16/h4-10,12H,11H2,1-3H3. The van der Waals surface area contributed by atoms with Crippen molar-refractivity contribution >= 4 is 17.4 Å². The molecule has 0 bridgehead atoms. The molecule has 0 saturated heterocycles. The molecule has 1 aromatic carbocycles. The van der Waals surface area contributed by atoms with Crippen LogP contribution in [0, 0.1) is 20.8 Å². The topological polar surface area (TPSA) is 65.1 Å². The number of nitrogens with zero attached hydrogens (tertiary/aromatic N) is 5. The van der Waals surface area contributed by atoms with Crippen molar-refractivity contribution in [2.24, 2.45) is 0 Å². The number of pyridine rings is 1. The zero-order valence-corrected chi connectivity index (χ0v) is 16.2. The van der Waals surface area contributed by atoms with Crippen molar-refractivity contribution in [2.75, 3.05) is 0 Å². The summed E-state index contributed by atoms with van der Waals surface area (Å²) in [5.74, 6) is 0.545. The van der Waals surface area contributed by atoms with Crippen LogP contribution in [0.5, 0.6) is 0 Å². The molecule has 0 amide bonds. The highest BCUT2D eigenvalue weighted by Gasteiger charge is 2.11. The van der Waals surface area contributed by atoms with Crippen molar-refractivity contribution < 1.29 is 0 Å². The first kappa shape index (κ1) is 17.5. The number of thioether (sulfide) groups is 1. The van der Waals surface area contributed by atoms with Gasteiger partial charge in [-0.3, -0.25) is 13.8 Å². The molecule has 0 fully saturated rings. The molecule has 0 aliphatic rings. The third-order valence-corrected chi connectivity index (χ3v) is 5.39. The summed E-state index contributed by atoms with van der Waals surface area (Å²) in [5.41, 5.74) is 5.63. The SMILES string of the molecule is Cc1ccc(-n2cnnc2SCc2cc(=O)n3c(C)cccc3n2)c(C)c1. The van der Waals surface area contributed by atoms with Crippen molar-refractivity contribution in [2.45, 2.75) is 31.7 Å². The minimum Gasteiger partial charge on any atom is -0.276 e. The number of rotatable bonds is 4. The molecule has 6 nitrogen and oxygen atoms in total. The number of hydrogen-bond acceptors (Lipinski definition) is 5. The lowest BCUT2D eigenvalue weighted by molar-refractivity contribution is 0.876. The van der Waals surface area contributed by atoms with Crippen molar-refractivity contribution in [3.8, 4) is 5.69 Å². The van der Waals surface area contributed by atoms with Crippen LogP contribution in [0.15, 0.2) is 58.7 Å². The van der Waals surface area contributed by atoms with Crippen molar-refractivity contribution in [1.82, 2.24) is 24.1 Å². The lowest BCUT2D eigenvalue weighted by atomic mass is 10.1. The Morgan fingerprint density at radius 3 is 2.74 bits per heavy atom. The van der Waals surface area contributed by atoms with Gasteiger partial charge in [0.15, 0.2) is 5.16 Å². The maximum atomic E-state index is 12.4. The van der Waals surface area contributed by atoms with Crippen molar-refractivity contribution in [3.63, 3.8) is 0 Å². The van der Waals surface area contributed by atoms with Gasteiger partial charge >= 0.3 is 0 Å². The Kier molecular flexibility index (Phi) is 4.53. The zero-order chi connectivity index (χ0) is 19.0. The predicted octanol–water partition coefficient (Wildman–Crippen LogP) is 3.49. The van der Waals surface area contributed by atoms with Gasteiger partial charge in [0.25, 0.3) is 5.56 Å². The summed E-state index contributed by atoms with van der Waals surface area (Å²) in [5, 5.41) is 9.07. The molecule has 0 unspecified atom stereocenters. The second-order valence-electron chi connectivity index (χ2n) is 6.51. The fourth-order valence-corrected chi connectivity index (χ4v) is 3.95. The molecule has 136 valence electrons. The largest absolute Gasteiger partial charge is 0.276 e. The monoisotopic (exact) mass is 377 g/mol. The Morgan fingerprint density at radius 2 is 1.93 bits per heavy atom. The van der Waals surface area contributed by atoms with E-state index in [2.05, 4.69) is 47.2 Å². The summed E-state index contributed by atoms with van der Waals surface area (Å²) in [4.78, 5) is 17.0. The lowest BCUT2D eigenvalue weighted by Gasteiger charge is -2.10. The number of hydrogen-bond donors (Lipinski definition) is 0. The molecule has 0 aliphatic heterocycles. The normalized spacial score (nSPS) is 11.2. The maximum absolute atomic E-state index is 12.4. The Bertz CT molecular complexity index is 1190. The molecule has 27 heavy (non-hydrogen) atoms. The van der Waals surface area contributed by atoms with Gasteiger partial charge in [0.1, 0.15) is 12.0 Å². The van der Waals surface area contributed by atoms with E-state index in [0.29, 0.717) is 11.4 Å². The summed E-state index contributed by atoms with van der Waals surface area (Å²) in [6.07, 6.45) is 1.71. The van der Waals surface area contributed by atoms with Gasteiger partial charge in [0.2, 0.25) is 0 Å². The molecule has 4 rings (SSSR count). The van der Waals surface area contributed by atoms with Crippen LogP contribution in [-0.2, 0) is 5.75 Å². The zero-order valence-electron chi connectivity index (χ0n) is 15.4. The van der Waals surface area contributed by atoms with E-state index in [4.69, 9.17) is 0 Å². The van der Waals surface area contributed by atoms with Crippen LogP contribution >= 0.6 is 11.8 Å². The summed E-state index contributed by atoms with van der Waals surface area (Å²) in [6, 6.07) is 13.5. The van der Waals surface area contributed by atoms with Crippen LogP contribution in [0.1, 0.15) is 22.5 Å². The van der Waals surface area contributed by atoms with E-state index < -0.39 is 0 Å². The third-order valence-electron chi connectivity index (χ3n) is 4.41. The van der Waals surface area contributed by atoms with Crippen LogP contribution in [0.4, 0.5) is 0 Å². The minimum absolute atomic E-state index is 0.0652. The molecular weight excluding hydrogens is 358 g/mol. The van der Waals surface area contributed by atoms with Crippen LogP contribution < -0.4 is 5.56 Å². The molecule has 4 aromatic rings. The molecular formula is C20H19N5OS. The van der Waals surface area contributed by atoms with Gasteiger partial charge in [-0.25, -0.2) is 4.98 Å². The number of aromatic nitrogens is 5. The van der Waals surface area contributed by atoms with Crippen molar-refractivity contribution in [3.05, 3.63) is 81.7 Å². The van der Waals surface area contributed by atoms with E-state index in [-0.39, 0.29) is 5.56 Å². The number of benzene rings is 1. The first-order valence-corrected chi connectivity index (χ1v) is 9.60. The quantitative estimate of drug-likeness (QED) is 0.509. The Hall–Kier alpha value is -2.93. The van der Waals surface area contributed by atoms with E-state index in [1.54, 1.807) is 16.8 Å². The molecule has 7 heteroatoms. The van der Waals surface area contributed by atoms with Gasteiger partial charge in [0.05, 0.1) is 11.4 Å². The van der Waals surface area contributed by atoms with Crippen LogP contribution in [0.3, 0.4) is 0 Å². The molecule has 3 heterocycles.